The summed E-state index contributed by atoms with van der Waals surface area (Å²) in [6, 6.07) is 17.4. The molecular weight excluding hydrogens is 226 g/mol. The van der Waals surface area contributed by atoms with Crippen LogP contribution in [-0.4, -0.2) is 12.2 Å². The Morgan fingerprint density at radius 1 is 1.00 bits per heavy atom. The van der Waals surface area contributed by atoms with Crippen molar-refractivity contribution < 1.29 is 9.59 Å². The topological polar surface area (TPSA) is 46.2 Å². The zero-order chi connectivity index (χ0) is 12.8. The van der Waals surface area contributed by atoms with Crippen LogP contribution in [0.15, 0.2) is 54.6 Å². The van der Waals surface area contributed by atoms with Crippen LogP contribution in [0.3, 0.4) is 0 Å². The van der Waals surface area contributed by atoms with Crippen molar-refractivity contribution in [2.24, 2.45) is 0 Å². The average molecular weight is 239 g/mol. The van der Waals surface area contributed by atoms with Crippen LogP contribution in [0.4, 0.5) is 5.69 Å². The van der Waals surface area contributed by atoms with Crippen molar-refractivity contribution in [2.45, 2.75) is 6.42 Å². The summed E-state index contributed by atoms with van der Waals surface area (Å²) in [5.41, 5.74) is 2.82. The van der Waals surface area contributed by atoms with E-state index in [1.165, 1.54) is 0 Å². The number of carbonyl (C=O) groups excluding carboxylic acids is 2. The maximum Gasteiger partial charge on any atom is 0.288 e. The lowest BCUT2D eigenvalue weighted by Gasteiger charge is -2.09. The van der Waals surface area contributed by atoms with Gasteiger partial charge in [-0.15, -0.1) is 0 Å². The van der Waals surface area contributed by atoms with Gasteiger partial charge < -0.3 is 5.32 Å². The van der Waals surface area contributed by atoms with E-state index in [0.717, 1.165) is 17.5 Å². The monoisotopic (exact) mass is 239 g/mol. The molecule has 0 bridgehead atoms. The van der Waals surface area contributed by atoms with Gasteiger partial charge in [0.25, 0.3) is 5.91 Å². The first-order valence-corrected chi connectivity index (χ1v) is 5.67. The van der Waals surface area contributed by atoms with Crippen molar-refractivity contribution in [3.63, 3.8) is 0 Å². The van der Waals surface area contributed by atoms with E-state index >= 15 is 0 Å². The standard InChI is InChI=1S/C15H13NO2/c17-11-15(18)16-14-9-5-4-8-13(14)10-12-6-2-1-3-7-12/h1-9,11H,10H2,(H,16,18). The van der Waals surface area contributed by atoms with E-state index in [1.54, 1.807) is 6.07 Å². The highest BCUT2D eigenvalue weighted by atomic mass is 16.2. The van der Waals surface area contributed by atoms with Crippen molar-refractivity contribution in [1.29, 1.82) is 0 Å². The zero-order valence-corrected chi connectivity index (χ0v) is 9.80. The van der Waals surface area contributed by atoms with E-state index in [-0.39, 0.29) is 6.29 Å². The fourth-order valence-corrected chi connectivity index (χ4v) is 1.77. The minimum Gasteiger partial charge on any atom is -0.319 e. The van der Waals surface area contributed by atoms with Gasteiger partial charge >= 0.3 is 0 Å². The average Bonchev–Trinajstić information content (AvgIpc) is 2.42. The van der Waals surface area contributed by atoms with Crippen molar-refractivity contribution in [1.82, 2.24) is 0 Å². The highest BCUT2D eigenvalue weighted by Crippen LogP contribution is 2.18. The molecule has 0 radical (unpaired) electrons. The van der Waals surface area contributed by atoms with Gasteiger partial charge in [-0.3, -0.25) is 9.59 Å². The fourth-order valence-electron chi connectivity index (χ4n) is 1.77. The van der Waals surface area contributed by atoms with E-state index in [4.69, 9.17) is 0 Å². The summed E-state index contributed by atoms with van der Waals surface area (Å²) in [5.74, 6) is -0.629. The van der Waals surface area contributed by atoms with Crippen LogP contribution in [0.5, 0.6) is 0 Å². The second-order valence-corrected chi connectivity index (χ2v) is 3.93. The van der Waals surface area contributed by atoms with E-state index < -0.39 is 5.91 Å². The highest BCUT2D eigenvalue weighted by molar-refractivity contribution is 6.29. The van der Waals surface area contributed by atoms with Crippen LogP contribution in [-0.2, 0) is 16.0 Å². The number of carbonyl (C=O) groups is 2. The van der Waals surface area contributed by atoms with Crippen LogP contribution < -0.4 is 5.32 Å². The summed E-state index contributed by atoms with van der Waals surface area (Å²) >= 11 is 0. The number of rotatable bonds is 4. The summed E-state index contributed by atoms with van der Waals surface area (Å²) in [6.07, 6.45) is 0.995. The van der Waals surface area contributed by atoms with Crippen LogP contribution in [0, 0.1) is 0 Å². The number of para-hydroxylation sites is 1. The molecule has 3 heteroatoms. The molecular formula is C15H13NO2. The molecule has 0 aromatic heterocycles. The van der Waals surface area contributed by atoms with Gasteiger partial charge in [0.1, 0.15) is 0 Å². The molecule has 0 spiro atoms. The van der Waals surface area contributed by atoms with E-state index in [2.05, 4.69) is 5.32 Å². The quantitative estimate of drug-likeness (QED) is 0.658. The van der Waals surface area contributed by atoms with Crippen molar-refractivity contribution in [3.8, 4) is 0 Å². The van der Waals surface area contributed by atoms with Gasteiger partial charge in [0.05, 0.1) is 0 Å². The van der Waals surface area contributed by atoms with Crippen LogP contribution >= 0.6 is 0 Å². The van der Waals surface area contributed by atoms with Gasteiger partial charge in [-0.2, -0.15) is 0 Å². The SMILES string of the molecule is O=CC(=O)Nc1ccccc1Cc1ccccc1. The molecule has 0 aliphatic rings. The minimum atomic E-state index is -0.629. The third kappa shape index (κ3) is 3.04. The summed E-state index contributed by atoms with van der Waals surface area (Å²) in [7, 11) is 0. The number of anilines is 1. The molecule has 0 aliphatic carbocycles. The Balaban J connectivity index is 2.22. The number of benzene rings is 2. The predicted octanol–water partition coefficient (Wildman–Crippen LogP) is 2.41. The van der Waals surface area contributed by atoms with E-state index in [9.17, 15) is 9.59 Å². The summed E-state index contributed by atoms with van der Waals surface area (Å²) in [5, 5.41) is 2.57. The predicted molar refractivity (Wildman–Crippen MR) is 70.4 cm³/mol. The molecule has 18 heavy (non-hydrogen) atoms. The Labute approximate surface area is 105 Å². The molecule has 2 aromatic rings. The van der Waals surface area contributed by atoms with Crippen molar-refractivity contribution in [2.75, 3.05) is 5.32 Å². The van der Waals surface area contributed by atoms with Gasteiger partial charge in [0, 0.05) is 5.69 Å². The summed E-state index contributed by atoms with van der Waals surface area (Å²) in [4.78, 5) is 21.5. The number of amides is 1. The third-order valence-corrected chi connectivity index (χ3v) is 2.62. The highest BCUT2D eigenvalue weighted by Gasteiger charge is 2.05. The van der Waals surface area contributed by atoms with E-state index in [1.807, 2.05) is 48.5 Å². The normalized spacial score (nSPS) is 9.78. The largest absolute Gasteiger partial charge is 0.319 e. The molecule has 2 aromatic carbocycles. The molecule has 0 atom stereocenters. The first-order chi connectivity index (χ1) is 8.79. The number of nitrogens with one attached hydrogen (secondary N) is 1. The lowest BCUT2D eigenvalue weighted by molar-refractivity contribution is -0.127. The molecule has 0 fully saturated rings. The Bertz CT molecular complexity index is 549. The zero-order valence-electron chi connectivity index (χ0n) is 9.80. The Morgan fingerprint density at radius 2 is 1.67 bits per heavy atom. The second-order valence-electron chi connectivity index (χ2n) is 3.93. The number of hydrogen-bond donors (Lipinski definition) is 1. The number of aldehydes is 1. The van der Waals surface area contributed by atoms with E-state index in [0.29, 0.717) is 5.69 Å². The molecule has 2 rings (SSSR count). The fraction of sp³-hybridized carbons (Fsp3) is 0.0667. The van der Waals surface area contributed by atoms with Gasteiger partial charge in [-0.05, 0) is 23.6 Å². The molecule has 0 unspecified atom stereocenters. The van der Waals surface area contributed by atoms with Gasteiger partial charge in [0.2, 0.25) is 6.29 Å². The van der Waals surface area contributed by atoms with Crippen LogP contribution in [0.1, 0.15) is 11.1 Å². The van der Waals surface area contributed by atoms with Crippen LogP contribution in [0.2, 0.25) is 0 Å². The minimum absolute atomic E-state index is 0.277. The summed E-state index contributed by atoms with van der Waals surface area (Å²) in [6.45, 7) is 0. The van der Waals surface area contributed by atoms with Crippen LogP contribution in [0.25, 0.3) is 0 Å². The molecule has 90 valence electrons. The van der Waals surface area contributed by atoms with Gasteiger partial charge in [0.15, 0.2) is 0 Å². The second kappa shape index (κ2) is 5.77. The molecule has 0 heterocycles. The Morgan fingerprint density at radius 3 is 2.39 bits per heavy atom. The van der Waals surface area contributed by atoms with Gasteiger partial charge in [-0.25, -0.2) is 0 Å². The first kappa shape index (κ1) is 12.0. The molecule has 0 saturated carbocycles. The lowest BCUT2D eigenvalue weighted by atomic mass is 10.0. The molecule has 3 nitrogen and oxygen atoms in total. The third-order valence-electron chi connectivity index (χ3n) is 2.62. The Hall–Kier alpha value is -2.42. The molecule has 0 saturated heterocycles. The van der Waals surface area contributed by atoms with Gasteiger partial charge in [-0.1, -0.05) is 48.5 Å². The first-order valence-electron chi connectivity index (χ1n) is 5.67. The lowest BCUT2D eigenvalue weighted by Crippen LogP contribution is -2.13. The smallest absolute Gasteiger partial charge is 0.288 e. The molecule has 1 amide bonds. The molecule has 1 N–H and O–H groups in total. The molecule has 0 aliphatic heterocycles. The summed E-state index contributed by atoms with van der Waals surface area (Å²) < 4.78 is 0. The maximum absolute atomic E-state index is 11.1. The van der Waals surface area contributed by atoms with Crippen molar-refractivity contribution >= 4 is 17.9 Å². The maximum atomic E-state index is 11.1. The Kier molecular flexibility index (Phi) is 3.86. The van der Waals surface area contributed by atoms with Crippen molar-refractivity contribution in [3.05, 3.63) is 65.7 Å². The number of hydrogen-bond acceptors (Lipinski definition) is 2.